The van der Waals surface area contributed by atoms with Crippen LogP contribution in [-0.2, 0) is 4.74 Å². The normalized spacial score (nSPS) is 14.6. The Morgan fingerprint density at radius 3 is 2.72 bits per heavy atom. The number of nitrogen functional groups attached to an aromatic ring is 1. The van der Waals surface area contributed by atoms with E-state index in [2.05, 4.69) is 17.0 Å². The maximum Gasteiger partial charge on any atom is 0.123 e. The predicted molar refractivity (Wildman–Crippen MR) is 74.4 cm³/mol. The van der Waals surface area contributed by atoms with Crippen LogP contribution in [-0.4, -0.2) is 32.1 Å². The number of nitrogens with two attached hydrogens (primary N) is 1. The van der Waals surface area contributed by atoms with Crippen molar-refractivity contribution in [3.8, 4) is 0 Å². The standard InChI is InChI=1S/C14H21N3O/c1-10-9-12(5-6-13(10)14(15)16)17(7-8-18-2)11-3-4-11/h5-6,9,11H,3-4,7-8H2,1-2H3,(H3,15,16). The van der Waals surface area contributed by atoms with E-state index >= 15 is 0 Å². The Labute approximate surface area is 108 Å². The molecule has 4 nitrogen and oxygen atoms in total. The average molecular weight is 247 g/mol. The van der Waals surface area contributed by atoms with Crippen LogP contribution in [0.1, 0.15) is 24.0 Å². The van der Waals surface area contributed by atoms with Gasteiger partial charge in [-0.15, -0.1) is 0 Å². The van der Waals surface area contributed by atoms with E-state index in [0.717, 1.165) is 24.3 Å². The highest BCUT2D eigenvalue weighted by Crippen LogP contribution is 2.32. The van der Waals surface area contributed by atoms with Crippen LogP contribution in [0.25, 0.3) is 0 Å². The molecule has 0 spiro atoms. The van der Waals surface area contributed by atoms with E-state index < -0.39 is 0 Å². The Kier molecular flexibility index (Phi) is 3.87. The van der Waals surface area contributed by atoms with Crippen LogP contribution in [0.2, 0.25) is 0 Å². The molecular formula is C14H21N3O. The first-order chi connectivity index (χ1) is 8.63. The van der Waals surface area contributed by atoms with Gasteiger partial charge in [0.15, 0.2) is 0 Å². The molecule has 0 bridgehead atoms. The minimum Gasteiger partial charge on any atom is -0.384 e. The number of amidine groups is 1. The van der Waals surface area contributed by atoms with Crippen molar-refractivity contribution in [2.45, 2.75) is 25.8 Å². The van der Waals surface area contributed by atoms with E-state index in [9.17, 15) is 0 Å². The minimum absolute atomic E-state index is 0.133. The molecule has 1 saturated carbocycles. The summed E-state index contributed by atoms with van der Waals surface area (Å²) >= 11 is 0. The summed E-state index contributed by atoms with van der Waals surface area (Å²) < 4.78 is 5.17. The van der Waals surface area contributed by atoms with E-state index in [1.165, 1.54) is 18.5 Å². The van der Waals surface area contributed by atoms with Gasteiger partial charge in [-0.05, 0) is 43.5 Å². The molecule has 0 saturated heterocycles. The third kappa shape index (κ3) is 2.82. The van der Waals surface area contributed by atoms with Crippen molar-refractivity contribution in [1.82, 2.24) is 0 Å². The Morgan fingerprint density at radius 2 is 2.22 bits per heavy atom. The monoisotopic (exact) mass is 247 g/mol. The maximum absolute atomic E-state index is 7.51. The first-order valence-corrected chi connectivity index (χ1v) is 6.34. The zero-order valence-corrected chi connectivity index (χ0v) is 11.1. The van der Waals surface area contributed by atoms with Gasteiger partial charge in [-0.1, -0.05) is 0 Å². The van der Waals surface area contributed by atoms with Gasteiger partial charge in [0, 0.05) is 30.9 Å². The quantitative estimate of drug-likeness (QED) is 0.596. The molecule has 1 aliphatic carbocycles. The summed E-state index contributed by atoms with van der Waals surface area (Å²) in [6.45, 7) is 3.66. The molecule has 0 atom stereocenters. The van der Waals surface area contributed by atoms with E-state index in [4.69, 9.17) is 15.9 Å². The number of nitrogens with zero attached hydrogens (tertiary/aromatic N) is 1. The zero-order chi connectivity index (χ0) is 13.1. The molecule has 18 heavy (non-hydrogen) atoms. The maximum atomic E-state index is 7.51. The average Bonchev–Trinajstić information content (AvgIpc) is 3.13. The third-order valence-corrected chi connectivity index (χ3v) is 3.36. The van der Waals surface area contributed by atoms with Crippen LogP contribution in [0.3, 0.4) is 0 Å². The number of aryl methyl sites for hydroxylation is 1. The summed E-state index contributed by atoms with van der Waals surface area (Å²) in [7, 11) is 1.73. The summed E-state index contributed by atoms with van der Waals surface area (Å²) in [5.41, 5.74) is 8.63. The second-order valence-electron chi connectivity index (χ2n) is 4.83. The molecular weight excluding hydrogens is 226 g/mol. The van der Waals surface area contributed by atoms with Crippen LogP contribution in [0.15, 0.2) is 18.2 Å². The highest BCUT2D eigenvalue weighted by atomic mass is 16.5. The first-order valence-electron chi connectivity index (χ1n) is 6.34. The molecule has 1 aromatic carbocycles. The lowest BCUT2D eigenvalue weighted by Crippen LogP contribution is -2.29. The fourth-order valence-corrected chi connectivity index (χ4v) is 2.23. The van der Waals surface area contributed by atoms with Gasteiger partial charge in [0.25, 0.3) is 0 Å². The largest absolute Gasteiger partial charge is 0.384 e. The van der Waals surface area contributed by atoms with E-state index in [-0.39, 0.29) is 5.84 Å². The number of methoxy groups -OCH3 is 1. The number of hydrogen-bond acceptors (Lipinski definition) is 3. The molecule has 1 aromatic rings. The summed E-state index contributed by atoms with van der Waals surface area (Å²) in [4.78, 5) is 2.39. The molecule has 4 heteroatoms. The molecule has 0 aliphatic heterocycles. The number of anilines is 1. The van der Waals surface area contributed by atoms with Gasteiger partial charge in [0.1, 0.15) is 5.84 Å². The Hall–Kier alpha value is -1.55. The van der Waals surface area contributed by atoms with E-state index in [1.54, 1.807) is 7.11 Å². The van der Waals surface area contributed by atoms with Crippen molar-refractivity contribution in [2.24, 2.45) is 5.73 Å². The van der Waals surface area contributed by atoms with Gasteiger partial charge in [0.2, 0.25) is 0 Å². The van der Waals surface area contributed by atoms with Gasteiger partial charge in [0.05, 0.1) is 6.61 Å². The van der Waals surface area contributed by atoms with Crippen molar-refractivity contribution in [1.29, 1.82) is 5.41 Å². The van der Waals surface area contributed by atoms with Crippen molar-refractivity contribution in [2.75, 3.05) is 25.2 Å². The van der Waals surface area contributed by atoms with Crippen LogP contribution < -0.4 is 10.6 Å². The van der Waals surface area contributed by atoms with Crippen LogP contribution >= 0.6 is 0 Å². The molecule has 1 aliphatic rings. The highest BCUT2D eigenvalue weighted by Gasteiger charge is 2.29. The molecule has 98 valence electrons. The van der Waals surface area contributed by atoms with Gasteiger partial charge in [-0.25, -0.2) is 0 Å². The summed E-state index contributed by atoms with van der Waals surface area (Å²) in [6.07, 6.45) is 2.52. The lowest BCUT2D eigenvalue weighted by atomic mass is 10.1. The molecule has 1 fully saturated rings. The highest BCUT2D eigenvalue weighted by molar-refractivity contribution is 5.96. The lowest BCUT2D eigenvalue weighted by molar-refractivity contribution is 0.205. The fraction of sp³-hybridized carbons (Fsp3) is 0.500. The summed E-state index contributed by atoms with van der Waals surface area (Å²) in [6, 6.07) is 6.76. The fourth-order valence-electron chi connectivity index (χ4n) is 2.23. The topological polar surface area (TPSA) is 62.3 Å². The second-order valence-corrected chi connectivity index (χ2v) is 4.83. The van der Waals surface area contributed by atoms with Crippen LogP contribution in [0, 0.1) is 12.3 Å². The Morgan fingerprint density at radius 1 is 1.50 bits per heavy atom. The molecule has 3 N–H and O–H groups in total. The molecule has 0 unspecified atom stereocenters. The SMILES string of the molecule is COCCN(c1ccc(C(=N)N)c(C)c1)C1CC1. The van der Waals surface area contributed by atoms with E-state index in [1.807, 2.05) is 13.0 Å². The first kappa shape index (κ1) is 12.9. The molecule has 0 aromatic heterocycles. The molecule has 0 heterocycles. The minimum atomic E-state index is 0.133. The van der Waals surface area contributed by atoms with Crippen LogP contribution in [0.5, 0.6) is 0 Å². The lowest BCUT2D eigenvalue weighted by Gasteiger charge is -2.25. The summed E-state index contributed by atoms with van der Waals surface area (Å²) in [5, 5.41) is 7.51. The summed E-state index contributed by atoms with van der Waals surface area (Å²) in [5.74, 6) is 0.133. The molecule has 0 radical (unpaired) electrons. The van der Waals surface area contributed by atoms with Gasteiger partial charge in [-0.2, -0.15) is 0 Å². The number of nitrogens with one attached hydrogen (secondary N) is 1. The Bertz CT molecular complexity index is 441. The van der Waals surface area contributed by atoms with Crippen molar-refractivity contribution < 1.29 is 4.74 Å². The number of benzene rings is 1. The predicted octanol–water partition coefficient (Wildman–Crippen LogP) is 1.89. The zero-order valence-electron chi connectivity index (χ0n) is 11.1. The smallest absolute Gasteiger partial charge is 0.123 e. The number of ether oxygens (including phenoxy) is 1. The number of hydrogen-bond donors (Lipinski definition) is 2. The number of rotatable bonds is 6. The van der Waals surface area contributed by atoms with Crippen molar-refractivity contribution in [3.05, 3.63) is 29.3 Å². The van der Waals surface area contributed by atoms with Crippen molar-refractivity contribution in [3.63, 3.8) is 0 Å². The van der Waals surface area contributed by atoms with E-state index in [0.29, 0.717) is 6.04 Å². The van der Waals surface area contributed by atoms with Gasteiger partial charge < -0.3 is 15.4 Å². The third-order valence-electron chi connectivity index (χ3n) is 3.36. The van der Waals surface area contributed by atoms with Crippen LogP contribution in [0.4, 0.5) is 5.69 Å². The van der Waals surface area contributed by atoms with Gasteiger partial charge in [-0.3, -0.25) is 5.41 Å². The van der Waals surface area contributed by atoms with Crippen molar-refractivity contribution >= 4 is 11.5 Å². The van der Waals surface area contributed by atoms with Gasteiger partial charge >= 0.3 is 0 Å². The Balaban J connectivity index is 2.19. The molecule has 2 rings (SSSR count). The molecule has 0 amide bonds. The second kappa shape index (κ2) is 5.40.